The highest BCUT2D eigenvalue weighted by molar-refractivity contribution is 5.69. The van der Waals surface area contributed by atoms with Gasteiger partial charge in [-0.3, -0.25) is 9.69 Å². The Morgan fingerprint density at radius 3 is 2.17 bits per heavy atom. The molecule has 222 valence electrons. The summed E-state index contributed by atoms with van der Waals surface area (Å²) in [5.74, 6) is 2.40. The summed E-state index contributed by atoms with van der Waals surface area (Å²) >= 11 is 0. The van der Waals surface area contributed by atoms with E-state index in [0.29, 0.717) is 18.8 Å². The molecule has 0 spiro atoms. The van der Waals surface area contributed by atoms with Crippen molar-refractivity contribution < 1.29 is 15.0 Å². The molecule has 1 heterocycles. The lowest BCUT2D eigenvalue weighted by atomic mass is 9.71. The van der Waals surface area contributed by atoms with Crippen LogP contribution in [0.4, 0.5) is 0 Å². The number of benzene rings is 2. The number of aliphatic carboxylic acids is 1. The van der Waals surface area contributed by atoms with Crippen LogP contribution < -0.4 is 0 Å². The van der Waals surface area contributed by atoms with Crippen LogP contribution in [0.2, 0.25) is 0 Å². The Morgan fingerprint density at radius 2 is 1.57 bits per heavy atom. The molecule has 0 amide bonds. The quantitative estimate of drug-likeness (QED) is 0.237. The molecule has 2 aliphatic rings. The standard InChI is InChI=1S/C36H45N3O3/c1-3-26-8-12-29(13-9-26)30-16-18-31(19-17-30)33-21-37-36(38-22-33)32-14-10-28(11-15-32)23-39(24-35(41)42)34(40)20-27-6-4-25(2)5-7-27/h4-7,10-11,14-15,18,21-22,26,29-30,34,40H,3,8-9,12-13,16-17,19-20,23-24H2,1-2H3,(H,41,42). The maximum atomic E-state index is 11.5. The van der Waals surface area contributed by atoms with E-state index < -0.39 is 12.2 Å². The first-order valence-electron chi connectivity index (χ1n) is 15.7. The fourth-order valence-electron chi connectivity index (χ4n) is 6.75. The average molecular weight is 568 g/mol. The van der Waals surface area contributed by atoms with Crippen molar-refractivity contribution in [3.8, 4) is 11.4 Å². The van der Waals surface area contributed by atoms with Gasteiger partial charge in [0.2, 0.25) is 0 Å². The van der Waals surface area contributed by atoms with Crippen molar-refractivity contribution in [3.05, 3.63) is 89.3 Å². The second kappa shape index (κ2) is 14.2. The number of allylic oxidation sites excluding steroid dienone is 2. The van der Waals surface area contributed by atoms with Gasteiger partial charge in [-0.1, -0.05) is 86.4 Å². The molecule has 42 heavy (non-hydrogen) atoms. The molecule has 6 nitrogen and oxygen atoms in total. The first-order chi connectivity index (χ1) is 20.4. The van der Waals surface area contributed by atoms with Crippen molar-refractivity contribution in [3.63, 3.8) is 0 Å². The summed E-state index contributed by atoms with van der Waals surface area (Å²) in [6.45, 7) is 4.44. The van der Waals surface area contributed by atoms with E-state index in [1.54, 1.807) is 4.90 Å². The normalized spacial score (nSPS) is 21.6. The predicted octanol–water partition coefficient (Wildman–Crippen LogP) is 7.30. The van der Waals surface area contributed by atoms with Crippen LogP contribution in [0.25, 0.3) is 17.0 Å². The van der Waals surface area contributed by atoms with E-state index in [9.17, 15) is 15.0 Å². The second-order valence-corrected chi connectivity index (χ2v) is 12.4. The fraction of sp³-hybridized carbons (Fsp3) is 0.472. The molecule has 2 unspecified atom stereocenters. The Bertz CT molecular complexity index is 1330. The number of aromatic nitrogens is 2. The Kier molecular flexibility index (Phi) is 10.2. The van der Waals surface area contributed by atoms with Gasteiger partial charge in [0.15, 0.2) is 5.82 Å². The summed E-state index contributed by atoms with van der Waals surface area (Å²) in [6.07, 6.45) is 16.4. The second-order valence-electron chi connectivity index (χ2n) is 12.4. The Hall–Kier alpha value is -3.35. The van der Waals surface area contributed by atoms with Gasteiger partial charge in [0.25, 0.3) is 0 Å². The molecular formula is C36H45N3O3. The van der Waals surface area contributed by atoms with E-state index in [4.69, 9.17) is 0 Å². The highest BCUT2D eigenvalue weighted by Crippen LogP contribution is 2.41. The van der Waals surface area contributed by atoms with Crippen LogP contribution in [0.3, 0.4) is 0 Å². The Morgan fingerprint density at radius 1 is 0.905 bits per heavy atom. The minimum absolute atomic E-state index is 0.240. The van der Waals surface area contributed by atoms with Crippen LogP contribution >= 0.6 is 0 Å². The molecule has 5 rings (SSSR count). The topological polar surface area (TPSA) is 86.6 Å². The minimum atomic E-state index is -0.967. The zero-order valence-electron chi connectivity index (χ0n) is 25.1. The van der Waals surface area contributed by atoms with Crippen LogP contribution in [-0.2, 0) is 17.8 Å². The molecule has 3 aromatic rings. The van der Waals surface area contributed by atoms with Gasteiger partial charge in [0.1, 0.15) is 6.23 Å². The van der Waals surface area contributed by atoms with Crippen molar-refractivity contribution >= 4 is 11.5 Å². The van der Waals surface area contributed by atoms with Crippen molar-refractivity contribution in [2.45, 2.75) is 84.4 Å². The molecule has 1 fully saturated rings. The van der Waals surface area contributed by atoms with Crippen LogP contribution in [0.5, 0.6) is 0 Å². The maximum Gasteiger partial charge on any atom is 0.317 e. The number of carbonyl (C=O) groups is 1. The third-order valence-corrected chi connectivity index (χ3v) is 9.51. The number of aliphatic hydroxyl groups excluding tert-OH is 1. The van der Waals surface area contributed by atoms with E-state index in [1.807, 2.05) is 67.8 Å². The van der Waals surface area contributed by atoms with Crippen molar-refractivity contribution in [2.24, 2.45) is 17.8 Å². The smallest absolute Gasteiger partial charge is 0.317 e. The summed E-state index contributed by atoms with van der Waals surface area (Å²) in [6, 6.07) is 15.8. The van der Waals surface area contributed by atoms with Crippen LogP contribution in [0.1, 0.15) is 80.5 Å². The predicted molar refractivity (Wildman–Crippen MR) is 167 cm³/mol. The van der Waals surface area contributed by atoms with E-state index >= 15 is 0 Å². The molecule has 1 saturated carbocycles. The SMILES string of the molecule is CCC1CCC(C2CC=C(c3cnc(-c4ccc(CN(CC(=O)O)C(O)Cc5ccc(C)cc5)cc4)nc3)CC2)CC1. The van der Waals surface area contributed by atoms with E-state index in [-0.39, 0.29) is 6.54 Å². The Labute approximate surface area is 250 Å². The lowest BCUT2D eigenvalue weighted by Gasteiger charge is -2.35. The van der Waals surface area contributed by atoms with Crippen molar-refractivity contribution in [1.29, 1.82) is 0 Å². The number of hydrogen-bond acceptors (Lipinski definition) is 5. The van der Waals surface area contributed by atoms with Gasteiger partial charge in [-0.15, -0.1) is 0 Å². The number of aryl methyl sites for hydroxylation is 1. The Balaban J connectivity index is 1.18. The number of carboxylic acid groups (broad SMARTS) is 1. The number of hydrogen-bond donors (Lipinski definition) is 2. The van der Waals surface area contributed by atoms with Crippen molar-refractivity contribution in [2.75, 3.05) is 6.54 Å². The largest absolute Gasteiger partial charge is 0.480 e. The highest BCUT2D eigenvalue weighted by Gasteiger charge is 2.28. The molecule has 2 atom stereocenters. The highest BCUT2D eigenvalue weighted by atomic mass is 16.4. The molecule has 1 aromatic heterocycles. The van der Waals surface area contributed by atoms with Gasteiger partial charge in [-0.05, 0) is 73.5 Å². The van der Waals surface area contributed by atoms with E-state index in [0.717, 1.165) is 52.0 Å². The van der Waals surface area contributed by atoms with E-state index in [2.05, 4.69) is 23.0 Å². The number of rotatable bonds is 11. The zero-order valence-corrected chi connectivity index (χ0v) is 25.1. The third-order valence-electron chi connectivity index (χ3n) is 9.51. The van der Waals surface area contributed by atoms with Gasteiger partial charge in [-0.2, -0.15) is 0 Å². The molecule has 2 aromatic carbocycles. The lowest BCUT2D eigenvalue weighted by Crippen LogP contribution is -2.39. The minimum Gasteiger partial charge on any atom is -0.480 e. The first kappa shape index (κ1) is 30.1. The summed E-state index contributed by atoms with van der Waals surface area (Å²) in [7, 11) is 0. The maximum absolute atomic E-state index is 11.5. The van der Waals surface area contributed by atoms with Crippen LogP contribution in [0, 0.1) is 24.7 Å². The number of carboxylic acids is 1. The molecule has 2 N–H and O–H groups in total. The molecule has 0 radical (unpaired) electrons. The molecule has 0 saturated heterocycles. The van der Waals surface area contributed by atoms with E-state index in [1.165, 1.54) is 50.5 Å². The van der Waals surface area contributed by atoms with Gasteiger partial charge in [-0.25, -0.2) is 9.97 Å². The van der Waals surface area contributed by atoms with Crippen molar-refractivity contribution in [1.82, 2.24) is 14.9 Å². The summed E-state index contributed by atoms with van der Waals surface area (Å²) in [4.78, 5) is 22.5. The van der Waals surface area contributed by atoms with Gasteiger partial charge in [0.05, 0.1) is 6.54 Å². The molecular weight excluding hydrogens is 522 g/mol. The molecule has 6 heteroatoms. The van der Waals surface area contributed by atoms with Gasteiger partial charge in [0, 0.05) is 36.5 Å². The lowest BCUT2D eigenvalue weighted by molar-refractivity contribution is -0.141. The summed E-state index contributed by atoms with van der Waals surface area (Å²) < 4.78 is 0. The zero-order chi connectivity index (χ0) is 29.5. The number of nitrogens with zero attached hydrogens (tertiary/aromatic N) is 3. The third kappa shape index (κ3) is 7.93. The monoisotopic (exact) mass is 567 g/mol. The first-order valence-corrected chi connectivity index (χ1v) is 15.7. The van der Waals surface area contributed by atoms with Crippen LogP contribution in [0.15, 0.2) is 67.0 Å². The van der Waals surface area contributed by atoms with Gasteiger partial charge >= 0.3 is 5.97 Å². The summed E-state index contributed by atoms with van der Waals surface area (Å²) in [5, 5.41) is 20.3. The molecule has 0 bridgehead atoms. The number of aliphatic hydroxyl groups is 1. The molecule has 2 aliphatic carbocycles. The fourth-order valence-corrected chi connectivity index (χ4v) is 6.75. The van der Waals surface area contributed by atoms with Gasteiger partial charge < -0.3 is 10.2 Å². The summed E-state index contributed by atoms with van der Waals surface area (Å²) in [5.41, 5.74) is 6.44. The molecule has 0 aliphatic heterocycles. The van der Waals surface area contributed by atoms with Crippen LogP contribution in [-0.4, -0.2) is 43.8 Å². The average Bonchev–Trinajstić information content (AvgIpc) is 3.02.